The zero-order valence-electron chi connectivity index (χ0n) is 10.2. The third-order valence-corrected chi connectivity index (χ3v) is 5.19. The van der Waals surface area contributed by atoms with Crippen LogP contribution in [0.1, 0.15) is 23.7 Å². The average Bonchev–Trinajstić information content (AvgIpc) is 2.77. The molecule has 1 aliphatic carbocycles. The highest BCUT2D eigenvalue weighted by molar-refractivity contribution is 7.16. The van der Waals surface area contributed by atoms with Crippen LogP contribution in [0.25, 0.3) is 10.2 Å². The van der Waals surface area contributed by atoms with E-state index >= 15 is 0 Å². The van der Waals surface area contributed by atoms with Crippen LogP contribution >= 0.6 is 11.3 Å². The first kappa shape index (κ1) is 10.5. The van der Waals surface area contributed by atoms with Crippen molar-refractivity contribution in [3.63, 3.8) is 0 Å². The van der Waals surface area contributed by atoms with Crippen molar-refractivity contribution in [2.75, 3.05) is 13.1 Å². The van der Waals surface area contributed by atoms with Gasteiger partial charge < -0.3 is 4.90 Å². The summed E-state index contributed by atoms with van der Waals surface area (Å²) in [6.45, 7) is 4.16. The van der Waals surface area contributed by atoms with Gasteiger partial charge in [0.15, 0.2) is 0 Å². The Morgan fingerprint density at radius 2 is 2.44 bits per heavy atom. The number of carbonyl (C=O) groups is 1. The Hall–Kier alpha value is -1.42. The van der Waals surface area contributed by atoms with E-state index in [-0.39, 0.29) is 5.91 Å². The molecular weight excluding hydrogens is 244 g/mol. The van der Waals surface area contributed by atoms with Gasteiger partial charge in [-0.15, -0.1) is 11.3 Å². The number of thiazole rings is 1. The Balaban J connectivity index is 1.64. The predicted octanol–water partition coefficient (Wildman–Crippen LogP) is 2.78. The van der Waals surface area contributed by atoms with E-state index in [4.69, 9.17) is 0 Å². The molecule has 2 aromatic rings. The number of carbonyl (C=O) groups excluding carboxylic acids is 1. The summed E-state index contributed by atoms with van der Waals surface area (Å²) < 4.78 is 1.09. The van der Waals surface area contributed by atoms with Crippen LogP contribution in [0.4, 0.5) is 0 Å². The fourth-order valence-electron chi connectivity index (χ4n) is 3.07. The van der Waals surface area contributed by atoms with Gasteiger partial charge in [-0.1, -0.05) is 6.92 Å². The lowest BCUT2D eigenvalue weighted by Gasteiger charge is -2.19. The molecule has 2 atom stereocenters. The van der Waals surface area contributed by atoms with Crippen molar-refractivity contribution in [1.82, 2.24) is 9.88 Å². The van der Waals surface area contributed by atoms with Gasteiger partial charge in [0.25, 0.3) is 5.91 Å². The molecule has 1 aromatic carbocycles. The molecule has 1 aromatic heterocycles. The monoisotopic (exact) mass is 258 g/mol. The van der Waals surface area contributed by atoms with Crippen LogP contribution in [0.15, 0.2) is 23.7 Å². The van der Waals surface area contributed by atoms with Gasteiger partial charge >= 0.3 is 0 Å². The molecule has 0 bridgehead atoms. The lowest BCUT2D eigenvalue weighted by Crippen LogP contribution is -2.31. The van der Waals surface area contributed by atoms with Crippen molar-refractivity contribution in [3.8, 4) is 0 Å². The maximum absolute atomic E-state index is 12.4. The Morgan fingerprint density at radius 3 is 3.22 bits per heavy atom. The van der Waals surface area contributed by atoms with E-state index in [0.717, 1.165) is 34.8 Å². The van der Waals surface area contributed by atoms with E-state index < -0.39 is 0 Å². The van der Waals surface area contributed by atoms with Gasteiger partial charge in [-0.25, -0.2) is 4.98 Å². The predicted molar refractivity (Wildman–Crippen MR) is 71.7 cm³/mol. The van der Waals surface area contributed by atoms with Crippen LogP contribution in [0.5, 0.6) is 0 Å². The van der Waals surface area contributed by atoms with E-state index in [9.17, 15) is 4.79 Å². The molecule has 1 amide bonds. The summed E-state index contributed by atoms with van der Waals surface area (Å²) in [6, 6.07) is 5.82. The first-order chi connectivity index (χ1) is 8.66. The van der Waals surface area contributed by atoms with E-state index in [1.54, 1.807) is 11.3 Å². The van der Waals surface area contributed by atoms with Gasteiger partial charge in [-0.2, -0.15) is 0 Å². The van der Waals surface area contributed by atoms with Gasteiger partial charge in [0, 0.05) is 18.7 Å². The molecule has 2 unspecified atom stereocenters. The second kappa shape index (κ2) is 3.32. The number of hydrogen-bond donors (Lipinski definition) is 0. The minimum Gasteiger partial charge on any atom is -0.338 e. The van der Waals surface area contributed by atoms with Crippen LogP contribution in [0.3, 0.4) is 0 Å². The van der Waals surface area contributed by atoms with Crippen molar-refractivity contribution in [3.05, 3.63) is 29.3 Å². The van der Waals surface area contributed by atoms with Gasteiger partial charge in [-0.05, 0) is 36.0 Å². The number of fused-ring (bicyclic) bond motifs is 2. The largest absolute Gasteiger partial charge is 0.338 e. The van der Waals surface area contributed by atoms with Crippen molar-refractivity contribution < 1.29 is 4.79 Å². The fourth-order valence-corrected chi connectivity index (χ4v) is 3.79. The van der Waals surface area contributed by atoms with Gasteiger partial charge in [-0.3, -0.25) is 4.79 Å². The SMILES string of the molecule is CC12CC1CN(C(=O)c1ccc3ncsc3c1)C2. The Morgan fingerprint density at radius 1 is 1.56 bits per heavy atom. The Kier molecular flexibility index (Phi) is 1.94. The summed E-state index contributed by atoms with van der Waals surface area (Å²) in [6.07, 6.45) is 1.30. The minimum absolute atomic E-state index is 0.179. The molecule has 0 N–H and O–H groups in total. The molecule has 0 radical (unpaired) electrons. The summed E-state index contributed by atoms with van der Waals surface area (Å²) in [7, 11) is 0. The molecule has 4 rings (SSSR count). The van der Waals surface area contributed by atoms with Gasteiger partial charge in [0.1, 0.15) is 0 Å². The van der Waals surface area contributed by atoms with Crippen molar-refractivity contribution in [2.45, 2.75) is 13.3 Å². The number of aromatic nitrogens is 1. The summed E-state index contributed by atoms with van der Waals surface area (Å²) in [5.41, 5.74) is 4.03. The van der Waals surface area contributed by atoms with Crippen LogP contribution < -0.4 is 0 Å². The number of rotatable bonds is 1. The van der Waals surface area contributed by atoms with Crippen molar-refractivity contribution in [2.24, 2.45) is 11.3 Å². The molecule has 1 aliphatic heterocycles. The molecule has 1 saturated carbocycles. The van der Waals surface area contributed by atoms with Gasteiger partial charge in [0.05, 0.1) is 15.7 Å². The maximum Gasteiger partial charge on any atom is 0.253 e. The molecule has 4 heteroatoms. The first-order valence-electron chi connectivity index (χ1n) is 6.28. The molecule has 0 spiro atoms. The zero-order chi connectivity index (χ0) is 12.3. The van der Waals surface area contributed by atoms with Crippen molar-refractivity contribution in [1.29, 1.82) is 0 Å². The number of amides is 1. The molecule has 18 heavy (non-hydrogen) atoms. The fraction of sp³-hybridized carbons (Fsp3) is 0.429. The zero-order valence-corrected chi connectivity index (χ0v) is 11.0. The summed E-state index contributed by atoms with van der Waals surface area (Å²) in [5, 5.41) is 0. The number of likely N-dealkylation sites (tertiary alicyclic amines) is 1. The Labute approximate surface area is 109 Å². The molecule has 3 nitrogen and oxygen atoms in total. The number of piperidine rings is 1. The summed E-state index contributed by atoms with van der Waals surface area (Å²) >= 11 is 1.59. The van der Waals surface area contributed by atoms with Crippen molar-refractivity contribution >= 4 is 27.5 Å². The van der Waals surface area contributed by atoms with Gasteiger partial charge in [0.2, 0.25) is 0 Å². The second-order valence-electron chi connectivity index (χ2n) is 5.78. The molecular formula is C14H14N2OS. The molecule has 2 aliphatic rings. The highest BCUT2D eigenvalue weighted by atomic mass is 32.1. The topological polar surface area (TPSA) is 33.2 Å². The lowest BCUT2D eigenvalue weighted by molar-refractivity contribution is 0.0767. The molecule has 2 heterocycles. The number of nitrogens with zero attached hydrogens (tertiary/aromatic N) is 2. The molecule has 2 fully saturated rings. The van der Waals surface area contributed by atoms with E-state index in [1.165, 1.54) is 6.42 Å². The maximum atomic E-state index is 12.4. The third kappa shape index (κ3) is 1.42. The van der Waals surface area contributed by atoms with Crippen LogP contribution in [0, 0.1) is 11.3 Å². The lowest BCUT2D eigenvalue weighted by atomic mass is 10.1. The van der Waals surface area contributed by atoms with Crippen LogP contribution in [-0.2, 0) is 0 Å². The standard InChI is InChI=1S/C14H14N2OS/c1-14-5-10(14)6-16(7-14)13(17)9-2-3-11-12(4-9)18-8-15-11/h2-4,8,10H,5-7H2,1H3. The van der Waals surface area contributed by atoms with E-state index in [2.05, 4.69) is 11.9 Å². The number of hydrogen-bond acceptors (Lipinski definition) is 3. The smallest absolute Gasteiger partial charge is 0.253 e. The highest BCUT2D eigenvalue weighted by Crippen LogP contribution is 2.57. The number of benzene rings is 1. The molecule has 1 saturated heterocycles. The average molecular weight is 258 g/mol. The third-order valence-electron chi connectivity index (χ3n) is 4.40. The van der Waals surface area contributed by atoms with E-state index in [1.807, 2.05) is 28.6 Å². The van der Waals surface area contributed by atoms with E-state index in [0.29, 0.717) is 5.41 Å². The Bertz CT molecular complexity index is 650. The molecule has 92 valence electrons. The normalized spacial score (nSPS) is 29.6. The minimum atomic E-state index is 0.179. The van der Waals surface area contributed by atoms with Crippen LogP contribution in [0.2, 0.25) is 0 Å². The van der Waals surface area contributed by atoms with Crippen LogP contribution in [-0.4, -0.2) is 28.9 Å². The quantitative estimate of drug-likeness (QED) is 0.788. The highest BCUT2D eigenvalue weighted by Gasteiger charge is 2.57. The summed E-state index contributed by atoms with van der Waals surface area (Å²) in [5.74, 6) is 0.923. The summed E-state index contributed by atoms with van der Waals surface area (Å²) in [4.78, 5) is 18.7. The second-order valence-corrected chi connectivity index (χ2v) is 6.66. The first-order valence-corrected chi connectivity index (χ1v) is 7.16.